The molecule has 11 rings (SSSR count). The molecule has 0 saturated heterocycles. The summed E-state index contributed by atoms with van der Waals surface area (Å²) < 4.78 is 5.09. The Hall–Kier alpha value is -7.46. The smallest absolute Gasteiger partial charge is 0.0727 e. The molecule has 2 nitrogen and oxygen atoms in total. The molecule has 0 amide bonds. The number of benzene rings is 9. The molecular weight excluding hydrogens is 733 g/mol. The predicted octanol–water partition coefficient (Wildman–Crippen LogP) is 16.1. The molecule has 0 bridgehead atoms. The summed E-state index contributed by atoms with van der Waals surface area (Å²) in [7, 11) is 0. The van der Waals surface area contributed by atoms with Gasteiger partial charge in [0.15, 0.2) is 0 Å². The van der Waals surface area contributed by atoms with Gasteiger partial charge in [-0.1, -0.05) is 164 Å². The Balaban J connectivity index is 0.985. The average Bonchev–Trinajstić information content (AvgIpc) is 3.85. The number of aromatic nitrogens is 1. The minimum atomic E-state index is 1.10. The van der Waals surface area contributed by atoms with E-state index in [1.54, 1.807) is 0 Å². The lowest BCUT2D eigenvalue weighted by atomic mass is 10.0. The van der Waals surface area contributed by atoms with E-state index < -0.39 is 0 Å². The van der Waals surface area contributed by atoms with Gasteiger partial charge in [-0.05, 0) is 111 Å². The number of fused-ring (bicyclic) bond motifs is 5. The molecule has 59 heavy (non-hydrogen) atoms. The van der Waals surface area contributed by atoms with Gasteiger partial charge in [-0.3, -0.25) is 0 Å². The first kappa shape index (κ1) is 34.8. The summed E-state index contributed by atoms with van der Waals surface area (Å²) >= 11 is 1.88. The van der Waals surface area contributed by atoms with Gasteiger partial charge in [0.2, 0.25) is 0 Å². The maximum Gasteiger partial charge on any atom is 0.0727 e. The number of rotatable bonds is 8. The molecule has 0 spiro atoms. The number of hydrogen-bond donors (Lipinski definition) is 0. The Morgan fingerprint density at radius 3 is 1.39 bits per heavy atom. The Morgan fingerprint density at radius 1 is 0.322 bits per heavy atom. The van der Waals surface area contributed by atoms with Crippen LogP contribution in [0.5, 0.6) is 0 Å². The molecule has 0 radical (unpaired) electrons. The largest absolute Gasteiger partial charge is 0.310 e. The highest BCUT2D eigenvalue weighted by Crippen LogP contribution is 2.44. The van der Waals surface area contributed by atoms with Crippen molar-refractivity contribution >= 4 is 59.6 Å². The molecule has 9 aromatic carbocycles. The fourth-order valence-electron chi connectivity index (χ4n) is 8.49. The van der Waals surface area contributed by atoms with E-state index in [1.807, 2.05) is 11.3 Å². The predicted molar refractivity (Wildman–Crippen MR) is 253 cm³/mol. The van der Waals surface area contributed by atoms with E-state index in [9.17, 15) is 0 Å². The number of anilines is 3. The van der Waals surface area contributed by atoms with Crippen LogP contribution in [0.1, 0.15) is 0 Å². The fraction of sp³-hybridized carbons (Fsp3) is 0. The second-order valence-corrected chi connectivity index (χ2v) is 16.0. The van der Waals surface area contributed by atoms with Crippen LogP contribution in [0.4, 0.5) is 17.1 Å². The quantitative estimate of drug-likeness (QED) is 0.149. The lowest BCUT2D eigenvalue weighted by molar-refractivity contribution is 1.19. The molecule has 11 aromatic rings. The van der Waals surface area contributed by atoms with Crippen molar-refractivity contribution in [1.82, 2.24) is 4.57 Å². The van der Waals surface area contributed by atoms with Crippen LogP contribution in [0.15, 0.2) is 231 Å². The van der Waals surface area contributed by atoms with Gasteiger partial charge in [-0.25, -0.2) is 0 Å². The molecule has 0 aliphatic heterocycles. The highest BCUT2D eigenvalue weighted by Gasteiger charge is 2.19. The van der Waals surface area contributed by atoms with E-state index in [2.05, 4.69) is 240 Å². The van der Waals surface area contributed by atoms with Gasteiger partial charge in [-0.2, -0.15) is 0 Å². The lowest BCUT2D eigenvalue weighted by Crippen LogP contribution is -2.10. The molecule has 0 unspecified atom stereocenters. The van der Waals surface area contributed by atoms with Crippen molar-refractivity contribution in [3.8, 4) is 50.2 Å². The lowest BCUT2D eigenvalue weighted by Gasteiger charge is -2.26. The molecule has 0 atom stereocenters. The number of nitrogens with zero attached hydrogens (tertiary/aromatic N) is 2. The average molecular weight is 771 g/mol. The van der Waals surface area contributed by atoms with E-state index in [4.69, 9.17) is 0 Å². The highest BCUT2D eigenvalue weighted by molar-refractivity contribution is 7.26. The van der Waals surface area contributed by atoms with Crippen molar-refractivity contribution in [3.63, 3.8) is 0 Å². The third kappa shape index (κ3) is 6.39. The van der Waals surface area contributed by atoms with Gasteiger partial charge < -0.3 is 9.47 Å². The normalized spacial score (nSPS) is 11.4. The second kappa shape index (κ2) is 14.8. The van der Waals surface area contributed by atoms with E-state index in [0.29, 0.717) is 0 Å². The summed E-state index contributed by atoms with van der Waals surface area (Å²) in [5, 5.41) is 2.57. The first-order chi connectivity index (χ1) is 29.2. The Kier molecular flexibility index (Phi) is 8.72. The van der Waals surface area contributed by atoms with Crippen molar-refractivity contribution in [2.45, 2.75) is 0 Å². The third-order valence-corrected chi connectivity index (χ3v) is 12.6. The molecule has 2 aromatic heterocycles. The van der Waals surface area contributed by atoms with Gasteiger partial charge in [0.25, 0.3) is 0 Å². The molecule has 3 heteroatoms. The van der Waals surface area contributed by atoms with Gasteiger partial charge in [0.1, 0.15) is 0 Å². The topological polar surface area (TPSA) is 8.17 Å². The van der Waals surface area contributed by atoms with E-state index in [1.165, 1.54) is 70.1 Å². The molecule has 2 heterocycles. The minimum Gasteiger partial charge on any atom is -0.310 e. The standard InChI is InChI=1S/C56H38N2S/c1-4-13-39(14-5-1)42-23-30-47(31-24-42)57(48-32-25-43(26-33-48)40-15-6-2-7-16-40)50-20-12-19-45(37-50)44-27-34-49(35-28-44)58-53-36-29-46(41-17-8-3-9-18-41)38-52(53)56-55(58)51-21-10-11-22-54(51)59-56/h1-38H. The van der Waals surface area contributed by atoms with E-state index in [0.717, 1.165) is 28.3 Å². The summed E-state index contributed by atoms with van der Waals surface area (Å²) in [5.41, 5.74) is 16.6. The van der Waals surface area contributed by atoms with Crippen molar-refractivity contribution < 1.29 is 0 Å². The first-order valence-corrected chi connectivity index (χ1v) is 20.9. The van der Waals surface area contributed by atoms with Crippen LogP contribution in [0.3, 0.4) is 0 Å². The third-order valence-electron chi connectivity index (χ3n) is 11.4. The van der Waals surface area contributed by atoms with Gasteiger partial charge >= 0.3 is 0 Å². The summed E-state index contributed by atoms with van der Waals surface area (Å²) in [5.74, 6) is 0. The summed E-state index contributed by atoms with van der Waals surface area (Å²) in [4.78, 5) is 2.36. The maximum atomic E-state index is 2.46. The number of thiophene rings is 1. The van der Waals surface area contributed by atoms with Gasteiger partial charge in [0, 0.05) is 38.2 Å². The van der Waals surface area contributed by atoms with Gasteiger partial charge in [0.05, 0.1) is 15.7 Å². The van der Waals surface area contributed by atoms with Crippen molar-refractivity contribution in [2.75, 3.05) is 4.90 Å². The van der Waals surface area contributed by atoms with Crippen LogP contribution in [0.2, 0.25) is 0 Å². The van der Waals surface area contributed by atoms with Crippen LogP contribution in [0.25, 0.3) is 81.4 Å². The molecule has 278 valence electrons. The molecule has 0 aliphatic rings. The van der Waals surface area contributed by atoms with Crippen molar-refractivity contribution in [3.05, 3.63) is 231 Å². The zero-order valence-electron chi connectivity index (χ0n) is 32.2. The molecular formula is C56H38N2S. The highest BCUT2D eigenvalue weighted by atomic mass is 32.1. The van der Waals surface area contributed by atoms with E-state index in [-0.39, 0.29) is 0 Å². The SMILES string of the molecule is c1ccc(-c2ccc(N(c3ccc(-c4ccccc4)cc3)c3cccc(-c4ccc(-n5c6ccc(-c7ccccc7)cc6c6sc7ccccc7c65)cc4)c3)cc2)cc1. The summed E-state index contributed by atoms with van der Waals surface area (Å²) in [6.07, 6.45) is 0. The maximum absolute atomic E-state index is 2.46. The second-order valence-electron chi connectivity index (χ2n) is 15.0. The van der Waals surface area contributed by atoms with Crippen LogP contribution in [-0.4, -0.2) is 4.57 Å². The van der Waals surface area contributed by atoms with Gasteiger partial charge in [-0.15, -0.1) is 11.3 Å². The molecule has 0 saturated carbocycles. The van der Waals surface area contributed by atoms with Crippen LogP contribution < -0.4 is 4.90 Å². The number of hydrogen-bond acceptors (Lipinski definition) is 2. The minimum absolute atomic E-state index is 1.10. The van der Waals surface area contributed by atoms with Crippen molar-refractivity contribution in [2.24, 2.45) is 0 Å². The van der Waals surface area contributed by atoms with Crippen LogP contribution in [-0.2, 0) is 0 Å². The first-order valence-electron chi connectivity index (χ1n) is 20.1. The molecule has 0 fully saturated rings. The fourth-order valence-corrected chi connectivity index (χ4v) is 9.70. The Bertz CT molecular complexity index is 3140. The zero-order valence-corrected chi connectivity index (χ0v) is 33.1. The van der Waals surface area contributed by atoms with Crippen LogP contribution >= 0.6 is 11.3 Å². The Labute approximate surface area is 348 Å². The van der Waals surface area contributed by atoms with E-state index >= 15 is 0 Å². The zero-order chi connectivity index (χ0) is 39.1. The molecule has 0 N–H and O–H groups in total. The Morgan fingerprint density at radius 2 is 0.780 bits per heavy atom. The summed E-state index contributed by atoms with van der Waals surface area (Å²) in [6.45, 7) is 0. The summed E-state index contributed by atoms with van der Waals surface area (Å²) in [6, 6.07) is 83.4. The van der Waals surface area contributed by atoms with Crippen LogP contribution in [0, 0.1) is 0 Å². The van der Waals surface area contributed by atoms with Crippen molar-refractivity contribution in [1.29, 1.82) is 0 Å². The monoisotopic (exact) mass is 770 g/mol. The molecule has 0 aliphatic carbocycles.